The van der Waals surface area contributed by atoms with Gasteiger partial charge in [-0.2, -0.15) is 0 Å². The highest BCUT2D eigenvalue weighted by Crippen LogP contribution is 2.33. The van der Waals surface area contributed by atoms with E-state index in [1.165, 1.54) is 12.8 Å². The zero-order chi connectivity index (χ0) is 18.5. The number of anilines is 1. The van der Waals surface area contributed by atoms with Crippen LogP contribution in [0.4, 0.5) is 10.5 Å². The molecule has 0 heterocycles. The van der Waals surface area contributed by atoms with Crippen LogP contribution < -0.4 is 15.4 Å². The monoisotopic (exact) mass is 361 g/mol. The molecule has 1 aromatic rings. The van der Waals surface area contributed by atoms with Gasteiger partial charge >= 0.3 is 12.0 Å². The number of carbonyl (C=O) groups excluding carboxylic acids is 1. The molecule has 7 nitrogen and oxygen atoms in total. The van der Waals surface area contributed by atoms with E-state index < -0.39 is 5.97 Å². The summed E-state index contributed by atoms with van der Waals surface area (Å²) in [4.78, 5) is 25.3. The van der Waals surface area contributed by atoms with Crippen LogP contribution >= 0.6 is 0 Å². The number of carboxylic acids is 1. The molecule has 26 heavy (non-hydrogen) atoms. The second-order valence-corrected chi connectivity index (χ2v) is 7.15. The molecule has 3 N–H and O–H groups in total. The molecule has 2 aliphatic rings. The lowest BCUT2D eigenvalue weighted by atomic mass is 9.85. The van der Waals surface area contributed by atoms with E-state index in [0.717, 1.165) is 25.1 Å². The van der Waals surface area contributed by atoms with Crippen molar-refractivity contribution in [1.82, 2.24) is 10.2 Å². The first-order valence-corrected chi connectivity index (χ1v) is 9.29. The third-order valence-corrected chi connectivity index (χ3v) is 4.90. The number of benzene rings is 1. The fourth-order valence-corrected chi connectivity index (χ4v) is 3.34. The molecule has 0 unspecified atom stereocenters. The summed E-state index contributed by atoms with van der Waals surface area (Å²) < 4.78 is 5.43. The molecule has 1 aromatic carbocycles. The molecule has 142 valence electrons. The van der Waals surface area contributed by atoms with Crippen LogP contribution in [-0.4, -0.2) is 53.8 Å². The van der Waals surface area contributed by atoms with Crippen molar-refractivity contribution in [3.63, 3.8) is 0 Å². The maximum atomic E-state index is 12.2. The average Bonchev–Trinajstić information content (AvgIpc) is 3.34. The molecule has 0 radical (unpaired) electrons. The van der Waals surface area contributed by atoms with Gasteiger partial charge in [0.15, 0.2) is 0 Å². The highest BCUT2D eigenvalue weighted by Gasteiger charge is 2.37. The normalized spacial score (nSPS) is 21.8. The van der Waals surface area contributed by atoms with Gasteiger partial charge in [0.05, 0.1) is 13.2 Å². The number of aliphatic carboxylic acids is 1. The zero-order valence-electron chi connectivity index (χ0n) is 15.1. The van der Waals surface area contributed by atoms with Crippen LogP contribution in [0.3, 0.4) is 0 Å². The Labute approximate surface area is 153 Å². The zero-order valence-corrected chi connectivity index (χ0v) is 15.1. The number of hydrogen-bond acceptors (Lipinski definition) is 4. The highest BCUT2D eigenvalue weighted by molar-refractivity contribution is 5.89. The molecular formula is C19H27N3O4. The summed E-state index contributed by atoms with van der Waals surface area (Å²) in [5, 5.41) is 14.9. The summed E-state index contributed by atoms with van der Waals surface area (Å²) in [6.45, 7) is 3.44. The van der Waals surface area contributed by atoms with E-state index in [9.17, 15) is 9.59 Å². The SMILES string of the molecule is CCOc1cccc(NC(=O)NC2CC(N(CC(=O)O)CC3CC3)C2)c1. The Morgan fingerprint density at radius 3 is 2.73 bits per heavy atom. The van der Waals surface area contributed by atoms with Crippen LogP contribution in [0.1, 0.15) is 32.6 Å². The second-order valence-electron chi connectivity index (χ2n) is 7.15. The van der Waals surface area contributed by atoms with Crippen molar-refractivity contribution >= 4 is 17.7 Å². The first-order valence-electron chi connectivity index (χ1n) is 9.29. The Kier molecular flexibility index (Phi) is 5.98. The number of ether oxygens (including phenoxy) is 1. The van der Waals surface area contributed by atoms with Gasteiger partial charge in [-0.3, -0.25) is 9.69 Å². The molecule has 3 rings (SSSR count). The average molecular weight is 361 g/mol. The number of urea groups is 1. The van der Waals surface area contributed by atoms with Gasteiger partial charge < -0.3 is 20.5 Å². The number of hydrogen-bond donors (Lipinski definition) is 3. The molecule has 2 aliphatic carbocycles. The van der Waals surface area contributed by atoms with Gasteiger partial charge in [-0.25, -0.2) is 4.79 Å². The lowest BCUT2D eigenvalue weighted by Gasteiger charge is -2.42. The van der Waals surface area contributed by atoms with Crippen LogP contribution in [0.2, 0.25) is 0 Å². The van der Waals surface area contributed by atoms with Crippen molar-refractivity contribution in [1.29, 1.82) is 0 Å². The summed E-state index contributed by atoms with van der Waals surface area (Å²) >= 11 is 0. The van der Waals surface area contributed by atoms with Gasteiger partial charge in [0.25, 0.3) is 0 Å². The highest BCUT2D eigenvalue weighted by atomic mass is 16.5. The van der Waals surface area contributed by atoms with Crippen molar-refractivity contribution < 1.29 is 19.4 Å². The number of nitrogens with zero attached hydrogens (tertiary/aromatic N) is 1. The van der Waals surface area contributed by atoms with E-state index in [4.69, 9.17) is 9.84 Å². The Morgan fingerprint density at radius 2 is 2.08 bits per heavy atom. The predicted octanol–water partition coefficient (Wildman–Crippen LogP) is 2.53. The quantitative estimate of drug-likeness (QED) is 0.629. The van der Waals surface area contributed by atoms with Crippen LogP contribution in [0.25, 0.3) is 0 Å². The number of carbonyl (C=O) groups is 2. The van der Waals surface area contributed by atoms with E-state index in [1.807, 2.05) is 25.1 Å². The van der Waals surface area contributed by atoms with Gasteiger partial charge in [-0.15, -0.1) is 0 Å². The lowest BCUT2D eigenvalue weighted by molar-refractivity contribution is -0.139. The summed E-state index contributed by atoms with van der Waals surface area (Å²) in [5.41, 5.74) is 0.686. The fourth-order valence-electron chi connectivity index (χ4n) is 3.34. The van der Waals surface area contributed by atoms with E-state index in [1.54, 1.807) is 6.07 Å². The number of carboxylic acid groups (broad SMARTS) is 1. The van der Waals surface area contributed by atoms with Crippen molar-refractivity contribution in [3.05, 3.63) is 24.3 Å². The van der Waals surface area contributed by atoms with Crippen LogP contribution in [0.5, 0.6) is 5.75 Å². The predicted molar refractivity (Wildman–Crippen MR) is 98.5 cm³/mol. The Morgan fingerprint density at radius 1 is 1.31 bits per heavy atom. The third-order valence-electron chi connectivity index (χ3n) is 4.90. The van der Waals surface area contributed by atoms with Crippen LogP contribution in [-0.2, 0) is 4.79 Å². The fraction of sp³-hybridized carbons (Fsp3) is 0.579. The largest absolute Gasteiger partial charge is 0.494 e. The van der Waals surface area contributed by atoms with Gasteiger partial charge in [-0.1, -0.05) is 6.07 Å². The van der Waals surface area contributed by atoms with Gasteiger partial charge in [0.1, 0.15) is 5.75 Å². The van der Waals surface area contributed by atoms with E-state index in [2.05, 4.69) is 15.5 Å². The van der Waals surface area contributed by atoms with Crippen molar-refractivity contribution in [2.75, 3.05) is 25.0 Å². The smallest absolute Gasteiger partial charge is 0.319 e. The van der Waals surface area contributed by atoms with Crippen LogP contribution in [0, 0.1) is 5.92 Å². The summed E-state index contributed by atoms with van der Waals surface area (Å²) in [7, 11) is 0. The lowest BCUT2D eigenvalue weighted by Crippen LogP contribution is -2.55. The molecule has 0 spiro atoms. The molecule has 0 saturated heterocycles. The van der Waals surface area contributed by atoms with Crippen molar-refractivity contribution in [2.24, 2.45) is 5.92 Å². The molecule has 0 atom stereocenters. The second kappa shape index (κ2) is 8.40. The standard InChI is InChI=1S/C19H27N3O4/c1-2-26-17-5-3-4-14(10-17)20-19(25)21-15-8-16(9-15)22(12-18(23)24)11-13-6-7-13/h3-5,10,13,15-16H,2,6-9,11-12H2,1H3,(H,23,24)(H2,20,21,25). The van der Waals surface area contributed by atoms with E-state index in [0.29, 0.717) is 18.2 Å². The minimum Gasteiger partial charge on any atom is -0.494 e. The molecule has 2 saturated carbocycles. The molecule has 0 aliphatic heterocycles. The summed E-state index contributed by atoms with van der Waals surface area (Å²) in [5.74, 6) is 0.592. The number of rotatable bonds is 9. The third kappa shape index (κ3) is 5.36. The maximum absolute atomic E-state index is 12.2. The first-order chi connectivity index (χ1) is 12.5. The van der Waals surface area contributed by atoms with E-state index >= 15 is 0 Å². The maximum Gasteiger partial charge on any atom is 0.319 e. The van der Waals surface area contributed by atoms with Gasteiger partial charge in [0.2, 0.25) is 0 Å². The summed E-state index contributed by atoms with van der Waals surface area (Å²) in [6.07, 6.45) is 4.00. The first kappa shape index (κ1) is 18.5. The van der Waals surface area contributed by atoms with Crippen molar-refractivity contribution in [2.45, 2.75) is 44.7 Å². The molecule has 0 aromatic heterocycles. The number of nitrogens with one attached hydrogen (secondary N) is 2. The molecule has 7 heteroatoms. The minimum atomic E-state index is -0.783. The van der Waals surface area contributed by atoms with Gasteiger partial charge in [-0.05, 0) is 50.7 Å². The molecule has 2 fully saturated rings. The molecule has 0 bridgehead atoms. The topological polar surface area (TPSA) is 90.9 Å². The molecule has 2 amide bonds. The van der Waals surface area contributed by atoms with Crippen LogP contribution in [0.15, 0.2) is 24.3 Å². The summed E-state index contributed by atoms with van der Waals surface area (Å²) in [6, 6.07) is 7.38. The molecular weight excluding hydrogens is 334 g/mol. The Balaban J connectivity index is 1.43. The Hall–Kier alpha value is -2.28. The van der Waals surface area contributed by atoms with Crippen molar-refractivity contribution in [3.8, 4) is 5.75 Å². The van der Waals surface area contributed by atoms with E-state index in [-0.39, 0.29) is 24.7 Å². The number of amides is 2. The van der Waals surface area contributed by atoms with Gasteiger partial charge in [0, 0.05) is 30.4 Å². The Bertz CT molecular complexity index is 641. The minimum absolute atomic E-state index is 0.0876.